The van der Waals surface area contributed by atoms with Crippen LogP contribution in [0.1, 0.15) is 38.8 Å². The quantitative estimate of drug-likeness (QED) is 0.869. The number of hydrogen-bond acceptors (Lipinski definition) is 2. The molecule has 0 aliphatic carbocycles. The molecular formula is C15H23NO. The van der Waals surface area contributed by atoms with Gasteiger partial charge in [-0.05, 0) is 16.5 Å². The molecule has 0 bridgehead atoms. The van der Waals surface area contributed by atoms with Crippen LogP contribution in [-0.4, -0.2) is 12.3 Å². The van der Waals surface area contributed by atoms with Crippen LogP contribution >= 0.6 is 0 Å². The van der Waals surface area contributed by atoms with Gasteiger partial charge < -0.3 is 5.73 Å². The summed E-state index contributed by atoms with van der Waals surface area (Å²) in [5, 5.41) is 0. The van der Waals surface area contributed by atoms with Gasteiger partial charge in [-0.1, -0.05) is 52.0 Å². The van der Waals surface area contributed by atoms with Gasteiger partial charge in [0.15, 0.2) is 0 Å². The summed E-state index contributed by atoms with van der Waals surface area (Å²) in [5.74, 6) is 0.174. The van der Waals surface area contributed by atoms with Gasteiger partial charge >= 0.3 is 0 Å². The smallest absolute Gasteiger partial charge is 0.141 e. The minimum absolute atomic E-state index is 0.0442. The Kier molecular flexibility index (Phi) is 4.47. The van der Waals surface area contributed by atoms with Gasteiger partial charge in [0.1, 0.15) is 5.78 Å². The Balaban J connectivity index is 2.73. The van der Waals surface area contributed by atoms with Crippen molar-refractivity contribution in [2.24, 2.45) is 11.7 Å². The van der Waals surface area contributed by atoms with Crippen molar-refractivity contribution in [1.82, 2.24) is 0 Å². The predicted octanol–water partition coefficient (Wildman–Crippen LogP) is 2.69. The average Bonchev–Trinajstić information content (AvgIpc) is 2.27. The molecule has 1 atom stereocenters. The van der Waals surface area contributed by atoms with Gasteiger partial charge in [0.2, 0.25) is 0 Å². The van der Waals surface area contributed by atoms with Crippen LogP contribution in [0.15, 0.2) is 24.3 Å². The highest BCUT2D eigenvalue weighted by Gasteiger charge is 2.14. The predicted molar refractivity (Wildman–Crippen MR) is 72.1 cm³/mol. The molecule has 2 heteroatoms. The maximum Gasteiger partial charge on any atom is 0.141 e. The van der Waals surface area contributed by atoms with Crippen LogP contribution in [0.2, 0.25) is 0 Å². The third-order valence-electron chi connectivity index (χ3n) is 3.10. The van der Waals surface area contributed by atoms with Gasteiger partial charge in [-0.3, -0.25) is 4.79 Å². The van der Waals surface area contributed by atoms with Crippen LogP contribution in [0, 0.1) is 5.92 Å². The molecule has 94 valence electrons. The van der Waals surface area contributed by atoms with Crippen molar-refractivity contribution < 1.29 is 4.79 Å². The molecule has 17 heavy (non-hydrogen) atoms. The summed E-state index contributed by atoms with van der Waals surface area (Å²) in [7, 11) is 0. The molecule has 0 aliphatic rings. The lowest BCUT2D eigenvalue weighted by molar-refractivity contribution is -0.121. The topological polar surface area (TPSA) is 43.1 Å². The monoisotopic (exact) mass is 233 g/mol. The lowest BCUT2D eigenvalue weighted by Gasteiger charge is -2.19. The van der Waals surface area contributed by atoms with E-state index in [-0.39, 0.29) is 17.1 Å². The third kappa shape index (κ3) is 3.97. The second-order valence-corrected chi connectivity index (χ2v) is 5.73. The molecule has 0 fully saturated rings. The van der Waals surface area contributed by atoms with Crippen LogP contribution in [0.25, 0.3) is 0 Å². The zero-order valence-electron chi connectivity index (χ0n) is 11.3. The van der Waals surface area contributed by atoms with E-state index < -0.39 is 0 Å². The van der Waals surface area contributed by atoms with Crippen LogP contribution in [0.4, 0.5) is 0 Å². The SMILES string of the molecule is CC(CN)C(=O)Cc1ccc(C(C)(C)C)cc1. The highest BCUT2D eigenvalue weighted by Crippen LogP contribution is 2.22. The zero-order chi connectivity index (χ0) is 13.1. The standard InChI is InChI=1S/C15H23NO/c1-11(10-16)14(17)9-12-5-7-13(8-6-12)15(2,3)4/h5-8,11H,9-10,16H2,1-4H3. The fraction of sp³-hybridized carbons (Fsp3) is 0.533. The molecule has 0 spiro atoms. The maximum atomic E-state index is 11.7. The summed E-state index contributed by atoms with van der Waals surface area (Å²) in [6.45, 7) is 8.86. The normalized spacial score (nSPS) is 13.5. The van der Waals surface area contributed by atoms with Gasteiger partial charge in [0.05, 0.1) is 0 Å². The van der Waals surface area contributed by atoms with E-state index in [1.807, 2.05) is 19.1 Å². The van der Waals surface area contributed by atoms with E-state index in [0.29, 0.717) is 13.0 Å². The van der Waals surface area contributed by atoms with Crippen LogP contribution in [0.3, 0.4) is 0 Å². The Hall–Kier alpha value is -1.15. The van der Waals surface area contributed by atoms with Crippen molar-refractivity contribution >= 4 is 5.78 Å². The molecule has 0 aliphatic heterocycles. The second kappa shape index (κ2) is 5.46. The number of rotatable bonds is 4. The van der Waals surface area contributed by atoms with Gasteiger partial charge in [-0.15, -0.1) is 0 Å². The highest BCUT2D eigenvalue weighted by atomic mass is 16.1. The summed E-state index contributed by atoms with van der Waals surface area (Å²) in [4.78, 5) is 11.7. The summed E-state index contributed by atoms with van der Waals surface area (Å²) in [6, 6.07) is 8.30. The zero-order valence-corrected chi connectivity index (χ0v) is 11.3. The first-order valence-electron chi connectivity index (χ1n) is 6.17. The van der Waals surface area contributed by atoms with E-state index in [9.17, 15) is 4.79 Å². The van der Waals surface area contributed by atoms with Crippen molar-refractivity contribution in [2.45, 2.75) is 39.5 Å². The number of Topliss-reactive ketones (excluding diaryl/α,β-unsaturated/α-hetero) is 1. The third-order valence-corrected chi connectivity index (χ3v) is 3.10. The fourth-order valence-electron chi connectivity index (χ4n) is 1.63. The molecule has 1 aromatic carbocycles. The molecule has 0 amide bonds. The van der Waals surface area contributed by atoms with Gasteiger partial charge in [-0.2, -0.15) is 0 Å². The van der Waals surface area contributed by atoms with Crippen molar-refractivity contribution in [2.75, 3.05) is 6.54 Å². The van der Waals surface area contributed by atoms with Gasteiger partial charge in [0, 0.05) is 18.9 Å². The molecule has 1 unspecified atom stereocenters. The number of carbonyl (C=O) groups is 1. The lowest BCUT2D eigenvalue weighted by Crippen LogP contribution is -2.22. The fourth-order valence-corrected chi connectivity index (χ4v) is 1.63. The van der Waals surface area contributed by atoms with Crippen molar-refractivity contribution in [3.63, 3.8) is 0 Å². The molecule has 1 aromatic rings. The second-order valence-electron chi connectivity index (χ2n) is 5.73. The molecule has 0 heterocycles. The molecule has 0 radical (unpaired) electrons. The maximum absolute atomic E-state index is 11.7. The number of ketones is 1. The summed E-state index contributed by atoms with van der Waals surface area (Å²) >= 11 is 0. The Morgan fingerprint density at radius 2 is 1.76 bits per heavy atom. The lowest BCUT2D eigenvalue weighted by atomic mass is 9.86. The summed E-state index contributed by atoms with van der Waals surface area (Å²) in [5.41, 5.74) is 8.01. The van der Waals surface area contributed by atoms with Crippen molar-refractivity contribution in [3.8, 4) is 0 Å². The van der Waals surface area contributed by atoms with Gasteiger partial charge in [0.25, 0.3) is 0 Å². The van der Waals surface area contributed by atoms with Crippen molar-refractivity contribution in [1.29, 1.82) is 0 Å². The minimum Gasteiger partial charge on any atom is -0.330 e. The molecule has 1 rings (SSSR count). The Morgan fingerprint density at radius 3 is 2.18 bits per heavy atom. The first-order chi connectivity index (χ1) is 7.84. The molecule has 2 nitrogen and oxygen atoms in total. The summed E-state index contributed by atoms with van der Waals surface area (Å²) < 4.78 is 0. The van der Waals surface area contributed by atoms with Gasteiger partial charge in [-0.25, -0.2) is 0 Å². The van der Waals surface area contributed by atoms with E-state index in [1.54, 1.807) is 0 Å². The molecular weight excluding hydrogens is 210 g/mol. The molecule has 0 saturated carbocycles. The number of carbonyl (C=O) groups excluding carboxylic acids is 1. The summed E-state index contributed by atoms with van der Waals surface area (Å²) in [6.07, 6.45) is 0.489. The molecule has 0 aromatic heterocycles. The molecule has 0 saturated heterocycles. The Morgan fingerprint density at radius 1 is 1.24 bits per heavy atom. The molecule has 2 N–H and O–H groups in total. The van der Waals surface area contributed by atoms with Crippen LogP contribution in [0.5, 0.6) is 0 Å². The van der Waals surface area contributed by atoms with Crippen molar-refractivity contribution in [3.05, 3.63) is 35.4 Å². The number of benzene rings is 1. The van der Waals surface area contributed by atoms with E-state index >= 15 is 0 Å². The average molecular weight is 233 g/mol. The largest absolute Gasteiger partial charge is 0.330 e. The Bertz CT molecular complexity index is 373. The number of hydrogen-bond donors (Lipinski definition) is 1. The van der Waals surface area contributed by atoms with Crippen LogP contribution in [-0.2, 0) is 16.6 Å². The first-order valence-corrected chi connectivity index (χ1v) is 6.17. The van der Waals surface area contributed by atoms with Crippen LogP contribution < -0.4 is 5.73 Å². The van der Waals surface area contributed by atoms with E-state index in [2.05, 4.69) is 32.9 Å². The van der Waals surface area contributed by atoms with E-state index in [0.717, 1.165) is 5.56 Å². The Labute approximate surface area is 104 Å². The highest BCUT2D eigenvalue weighted by molar-refractivity contribution is 5.83. The number of nitrogens with two attached hydrogens (primary N) is 1. The van der Waals surface area contributed by atoms with E-state index in [1.165, 1.54) is 5.56 Å². The van der Waals surface area contributed by atoms with E-state index in [4.69, 9.17) is 5.73 Å². The first kappa shape index (κ1) is 13.9. The minimum atomic E-state index is -0.0442.